The first-order chi connectivity index (χ1) is 17.6. The number of carboxylic acids is 1. The average molecular weight is 474 g/mol. The molecule has 0 saturated carbocycles. The summed E-state index contributed by atoms with van der Waals surface area (Å²) in [6.07, 6.45) is 2.66. The predicted molar refractivity (Wildman–Crippen MR) is 146 cm³/mol. The van der Waals surface area contributed by atoms with E-state index in [1.807, 2.05) is 54.6 Å². The van der Waals surface area contributed by atoms with E-state index >= 15 is 0 Å². The van der Waals surface area contributed by atoms with Gasteiger partial charge in [0.15, 0.2) is 0 Å². The van der Waals surface area contributed by atoms with Crippen molar-refractivity contribution in [2.45, 2.75) is 12.5 Å². The molecule has 0 radical (unpaired) electrons. The molecule has 5 aromatic carbocycles. The molecule has 0 aliphatic heterocycles. The maximum absolute atomic E-state index is 11.3. The van der Waals surface area contributed by atoms with E-state index in [0.717, 1.165) is 38.6 Å². The Morgan fingerprint density at radius 2 is 1.50 bits per heavy atom. The number of rotatable bonds is 8. The number of hydrogen-bond acceptors (Lipinski definition) is 3. The van der Waals surface area contributed by atoms with E-state index in [2.05, 4.69) is 48.5 Å². The summed E-state index contributed by atoms with van der Waals surface area (Å²) in [7, 11) is 0. The van der Waals surface area contributed by atoms with Crippen molar-refractivity contribution in [3.8, 4) is 5.75 Å². The van der Waals surface area contributed by atoms with E-state index in [-0.39, 0.29) is 11.6 Å². The van der Waals surface area contributed by atoms with E-state index < -0.39 is 5.97 Å². The molecule has 1 unspecified atom stereocenters. The average Bonchev–Trinajstić information content (AvgIpc) is 2.92. The van der Waals surface area contributed by atoms with Crippen molar-refractivity contribution in [2.24, 2.45) is 5.73 Å². The van der Waals surface area contributed by atoms with Crippen LogP contribution in [0.25, 0.3) is 27.6 Å². The zero-order chi connectivity index (χ0) is 24.9. The lowest BCUT2D eigenvalue weighted by atomic mass is 9.93. The summed E-state index contributed by atoms with van der Waals surface area (Å²) in [5.41, 5.74) is 9.99. The van der Waals surface area contributed by atoms with E-state index in [1.165, 1.54) is 5.39 Å². The first-order valence-corrected chi connectivity index (χ1v) is 12.0. The monoisotopic (exact) mass is 473 g/mol. The molecule has 0 saturated heterocycles. The van der Waals surface area contributed by atoms with Crippen molar-refractivity contribution in [3.05, 3.63) is 131 Å². The number of ether oxygens (including phenoxy) is 1. The number of carboxylic acid groups (broad SMARTS) is 1. The molecular weight excluding hydrogens is 446 g/mol. The Labute approximate surface area is 210 Å². The highest BCUT2D eigenvalue weighted by Gasteiger charge is 2.14. The molecule has 0 fully saturated rings. The Hall–Kier alpha value is -4.41. The fourth-order valence-corrected chi connectivity index (χ4v) is 4.47. The van der Waals surface area contributed by atoms with Crippen molar-refractivity contribution >= 4 is 33.6 Å². The summed E-state index contributed by atoms with van der Waals surface area (Å²) in [6, 6.07) is 35.3. The molecule has 4 heteroatoms. The van der Waals surface area contributed by atoms with Gasteiger partial charge < -0.3 is 15.6 Å². The zero-order valence-electron chi connectivity index (χ0n) is 19.8. The lowest BCUT2D eigenvalue weighted by Gasteiger charge is -2.19. The molecule has 0 aliphatic carbocycles. The molecule has 0 bridgehead atoms. The van der Waals surface area contributed by atoms with Crippen LogP contribution in [0.2, 0.25) is 0 Å². The van der Waals surface area contributed by atoms with Crippen LogP contribution in [0.1, 0.15) is 33.9 Å². The van der Waals surface area contributed by atoms with Gasteiger partial charge in [0.05, 0.1) is 18.2 Å². The van der Waals surface area contributed by atoms with E-state index in [4.69, 9.17) is 10.5 Å². The summed E-state index contributed by atoms with van der Waals surface area (Å²) >= 11 is 0. The fourth-order valence-electron chi connectivity index (χ4n) is 4.47. The van der Waals surface area contributed by atoms with Gasteiger partial charge in [-0.05, 0) is 57.1 Å². The summed E-state index contributed by atoms with van der Waals surface area (Å²) in [6.45, 7) is 0.467. The molecule has 178 valence electrons. The molecule has 0 aliphatic rings. The van der Waals surface area contributed by atoms with E-state index in [0.29, 0.717) is 13.0 Å². The van der Waals surface area contributed by atoms with Gasteiger partial charge in [0.25, 0.3) is 0 Å². The molecule has 0 amide bonds. The molecule has 36 heavy (non-hydrogen) atoms. The Bertz CT molecular complexity index is 1550. The van der Waals surface area contributed by atoms with Crippen molar-refractivity contribution in [1.82, 2.24) is 0 Å². The van der Waals surface area contributed by atoms with Crippen molar-refractivity contribution in [1.29, 1.82) is 0 Å². The molecule has 0 aromatic heterocycles. The Morgan fingerprint density at radius 3 is 2.28 bits per heavy atom. The minimum atomic E-state index is -0.942. The number of nitrogens with two attached hydrogens (primary N) is 1. The van der Waals surface area contributed by atoms with Crippen LogP contribution in [-0.4, -0.2) is 17.7 Å². The van der Waals surface area contributed by atoms with Crippen LogP contribution < -0.4 is 10.5 Å². The van der Waals surface area contributed by atoms with Crippen molar-refractivity contribution in [2.75, 3.05) is 6.61 Å². The van der Waals surface area contributed by atoms with Crippen LogP contribution in [0, 0.1) is 0 Å². The third-order valence-corrected chi connectivity index (χ3v) is 6.44. The minimum absolute atomic E-state index is 0.256. The maximum Gasteiger partial charge on any atom is 0.335 e. The van der Waals surface area contributed by atoms with Gasteiger partial charge in [-0.2, -0.15) is 0 Å². The van der Waals surface area contributed by atoms with Crippen LogP contribution in [0.4, 0.5) is 0 Å². The van der Waals surface area contributed by atoms with Gasteiger partial charge in [0, 0.05) is 11.8 Å². The largest absolute Gasteiger partial charge is 0.493 e. The summed E-state index contributed by atoms with van der Waals surface area (Å²) in [4.78, 5) is 11.3. The molecule has 5 aromatic rings. The fraction of sp³-hybridized carbons (Fsp3) is 0.0938. The van der Waals surface area contributed by atoms with Gasteiger partial charge in [-0.15, -0.1) is 0 Å². The highest BCUT2D eigenvalue weighted by Crippen LogP contribution is 2.29. The summed E-state index contributed by atoms with van der Waals surface area (Å²) < 4.78 is 6.22. The van der Waals surface area contributed by atoms with Gasteiger partial charge in [-0.1, -0.05) is 91.0 Å². The Balaban J connectivity index is 1.43. The molecule has 5 rings (SSSR count). The van der Waals surface area contributed by atoms with Gasteiger partial charge in [0.1, 0.15) is 5.75 Å². The quantitative estimate of drug-likeness (QED) is 0.249. The van der Waals surface area contributed by atoms with Crippen LogP contribution in [0.5, 0.6) is 5.75 Å². The van der Waals surface area contributed by atoms with Gasteiger partial charge >= 0.3 is 5.97 Å². The standard InChI is InChI=1S/C32H27NO3/c33-31(27-17-16-23-6-1-2-8-26(23)21-27)28(20-22-12-14-25(15-13-22)32(34)35)18-19-36-30-11-5-9-24-7-3-4-10-29(24)30/h1-17,20-21,31H,18-19,33H2,(H,34,35)/b28-20+. The van der Waals surface area contributed by atoms with Crippen LogP contribution in [0.3, 0.4) is 0 Å². The van der Waals surface area contributed by atoms with Gasteiger partial charge in [-0.3, -0.25) is 0 Å². The lowest BCUT2D eigenvalue weighted by Crippen LogP contribution is -2.15. The van der Waals surface area contributed by atoms with Crippen molar-refractivity contribution < 1.29 is 14.6 Å². The number of carbonyl (C=O) groups is 1. The first-order valence-electron chi connectivity index (χ1n) is 12.0. The normalized spacial score (nSPS) is 12.5. The Kier molecular flexibility index (Phi) is 6.78. The van der Waals surface area contributed by atoms with Gasteiger partial charge in [0.2, 0.25) is 0 Å². The third-order valence-electron chi connectivity index (χ3n) is 6.44. The molecule has 0 heterocycles. The molecule has 1 atom stereocenters. The van der Waals surface area contributed by atoms with Crippen LogP contribution in [0.15, 0.2) is 115 Å². The third kappa shape index (κ3) is 5.14. The van der Waals surface area contributed by atoms with Crippen LogP contribution in [-0.2, 0) is 0 Å². The van der Waals surface area contributed by atoms with E-state index in [1.54, 1.807) is 12.1 Å². The number of benzene rings is 5. The topological polar surface area (TPSA) is 72.6 Å². The summed E-state index contributed by atoms with van der Waals surface area (Å²) in [5, 5.41) is 13.8. The second-order valence-corrected chi connectivity index (χ2v) is 8.81. The molecule has 3 N–H and O–H groups in total. The zero-order valence-corrected chi connectivity index (χ0v) is 19.8. The highest BCUT2D eigenvalue weighted by molar-refractivity contribution is 5.88. The SMILES string of the molecule is NC(/C(=C/c1ccc(C(=O)O)cc1)CCOc1cccc2ccccc12)c1ccc2ccccc2c1. The molecule has 0 spiro atoms. The second-order valence-electron chi connectivity index (χ2n) is 8.81. The van der Waals surface area contributed by atoms with E-state index in [9.17, 15) is 9.90 Å². The summed E-state index contributed by atoms with van der Waals surface area (Å²) in [5.74, 6) is -0.0976. The highest BCUT2D eigenvalue weighted by atomic mass is 16.5. The molecule has 4 nitrogen and oxygen atoms in total. The van der Waals surface area contributed by atoms with Crippen molar-refractivity contribution in [3.63, 3.8) is 0 Å². The number of fused-ring (bicyclic) bond motifs is 2. The van der Waals surface area contributed by atoms with Crippen LogP contribution >= 0.6 is 0 Å². The molecular formula is C32H27NO3. The number of hydrogen-bond donors (Lipinski definition) is 2. The first kappa shape index (κ1) is 23.3. The number of aromatic carboxylic acids is 1. The smallest absolute Gasteiger partial charge is 0.335 e. The van der Waals surface area contributed by atoms with Gasteiger partial charge in [-0.25, -0.2) is 4.79 Å². The minimum Gasteiger partial charge on any atom is -0.493 e. The predicted octanol–water partition coefficient (Wildman–Crippen LogP) is 7.24. The Morgan fingerprint density at radius 1 is 0.806 bits per heavy atom. The maximum atomic E-state index is 11.3. The lowest BCUT2D eigenvalue weighted by molar-refractivity contribution is 0.0697. The second kappa shape index (κ2) is 10.5.